The van der Waals surface area contributed by atoms with Crippen LogP contribution in [0.4, 0.5) is 0 Å². The van der Waals surface area contributed by atoms with Gasteiger partial charge in [-0.2, -0.15) is 0 Å². The molecule has 0 atom stereocenters. The van der Waals surface area contributed by atoms with Crippen LogP contribution < -0.4 is 4.74 Å². The van der Waals surface area contributed by atoms with E-state index in [0.717, 1.165) is 12.7 Å². The molecule has 0 bridgehead atoms. The highest BCUT2D eigenvalue weighted by atomic mass is 79.9. The largest absolute Gasteiger partial charge is 0.494 e. The molecule has 5 nitrogen and oxygen atoms in total. The minimum atomic E-state index is -3.51. The fourth-order valence-electron chi connectivity index (χ4n) is 2.47. The second-order valence-corrected chi connectivity index (χ2v) is 7.84. The zero-order valence-electron chi connectivity index (χ0n) is 11.1. The van der Waals surface area contributed by atoms with Gasteiger partial charge in [-0.15, -0.1) is 0 Å². The minimum Gasteiger partial charge on any atom is -0.494 e. The second-order valence-electron chi connectivity index (χ2n) is 5.00. The minimum absolute atomic E-state index is 0.0110. The molecule has 0 aromatic heterocycles. The van der Waals surface area contributed by atoms with Gasteiger partial charge in [-0.25, -0.2) is 8.42 Å². The third kappa shape index (κ3) is 2.33. The van der Waals surface area contributed by atoms with Gasteiger partial charge in [0, 0.05) is 6.26 Å². The van der Waals surface area contributed by atoms with Crippen LogP contribution in [0.1, 0.15) is 24.8 Å². The number of benzene rings is 1. The number of halogens is 1. The van der Waals surface area contributed by atoms with E-state index in [0.29, 0.717) is 22.9 Å². The average molecular weight is 363 g/mol. The number of hydrogen-bond donors (Lipinski definition) is 1. The predicted octanol–water partition coefficient (Wildman–Crippen LogP) is 2.37. The number of methoxy groups -OCH3 is 1. The predicted molar refractivity (Wildman–Crippen MR) is 77.0 cm³/mol. The molecule has 1 saturated carbocycles. The monoisotopic (exact) mass is 362 g/mol. The lowest BCUT2D eigenvalue weighted by molar-refractivity contribution is -0.147. The summed E-state index contributed by atoms with van der Waals surface area (Å²) in [6.45, 7) is 0. The van der Waals surface area contributed by atoms with Crippen LogP contribution in [-0.2, 0) is 20.0 Å². The Kier molecular flexibility index (Phi) is 3.85. The van der Waals surface area contributed by atoms with Crippen LogP contribution in [0.3, 0.4) is 0 Å². The Morgan fingerprint density at radius 1 is 1.40 bits per heavy atom. The van der Waals surface area contributed by atoms with E-state index in [1.54, 1.807) is 6.07 Å². The summed E-state index contributed by atoms with van der Waals surface area (Å²) in [5, 5.41) is 9.45. The van der Waals surface area contributed by atoms with Gasteiger partial charge in [0.25, 0.3) is 0 Å². The number of carboxylic acids is 1. The molecule has 0 heterocycles. The van der Waals surface area contributed by atoms with Crippen molar-refractivity contribution in [3.05, 3.63) is 22.2 Å². The van der Waals surface area contributed by atoms with Gasteiger partial charge in [-0.3, -0.25) is 4.79 Å². The van der Waals surface area contributed by atoms with E-state index < -0.39 is 21.2 Å². The first-order valence-electron chi connectivity index (χ1n) is 6.04. The Bertz CT molecular complexity index is 662. The van der Waals surface area contributed by atoms with E-state index in [-0.39, 0.29) is 10.6 Å². The highest BCUT2D eigenvalue weighted by Crippen LogP contribution is 2.47. The summed E-state index contributed by atoms with van der Waals surface area (Å²) < 4.78 is 29.3. The van der Waals surface area contributed by atoms with Gasteiger partial charge < -0.3 is 9.84 Å². The van der Waals surface area contributed by atoms with Crippen LogP contribution in [-0.4, -0.2) is 32.9 Å². The number of rotatable bonds is 4. The van der Waals surface area contributed by atoms with Crippen molar-refractivity contribution in [2.75, 3.05) is 13.4 Å². The number of carboxylic acid groups (broad SMARTS) is 1. The average Bonchev–Trinajstić information content (AvgIpc) is 2.24. The number of carbonyl (C=O) groups is 1. The van der Waals surface area contributed by atoms with E-state index in [9.17, 15) is 18.3 Å². The zero-order valence-corrected chi connectivity index (χ0v) is 13.5. The molecule has 0 unspecified atom stereocenters. The van der Waals surface area contributed by atoms with Crippen molar-refractivity contribution in [2.45, 2.75) is 29.6 Å². The van der Waals surface area contributed by atoms with E-state index in [1.165, 1.54) is 13.2 Å². The Balaban J connectivity index is 2.69. The molecule has 1 aliphatic rings. The summed E-state index contributed by atoms with van der Waals surface area (Å²) in [6.07, 6.45) is 2.94. The normalized spacial score (nSPS) is 17.4. The summed E-state index contributed by atoms with van der Waals surface area (Å²) in [7, 11) is -2.13. The Morgan fingerprint density at radius 3 is 2.35 bits per heavy atom. The molecular formula is C13H15BrO5S. The molecule has 110 valence electrons. The first kappa shape index (κ1) is 15.3. The fraction of sp³-hybridized carbons (Fsp3) is 0.462. The summed E-state index contributed by atoms with van der Waals surface area (Å²) >= 11 is 3.26. The first-order valence-corrected chi connectivity index (χ1v) is 8.72. The molecule has 0 saturated heterocycles. The van der Waals surface area contributed by atoms with Gasteiger partial charge in [0.15, 0.2) is 15.6 Å². The van der Waals surface area contributed by atoms with Crippen molar-refractivity contribution >= 4 is 31.7 Å². The van der Waals surface area contributed by atoms with Gasteiger partial charge in [-0.1, -0.05) is 6.42 Å². The third-order valence-electron chi connectivity index (χ3n) is 3.78. The molecule has 1 N–H and O–H groups in total. The van der Waals surface area contributed by atoms with Crippen molar-refractivity contribution in [3.63, 3.8) is 0 Å². The zero-order chi connectivity index (χ0) is 15.1. The molecule has 1 aromatic carbocycles. The molecule has 1 fully saturated rings. The van der Waals surface area contributed by atoms with Gasteiger partial charge in [-0.05, 0) is 46.5 Å². The Morgan fingerprint density at radius 2 is 2.00 bits per heavy atom. The smallest absolute Gasteiger partial charge is 0.314 e. The number of sulfone groups is 1. The maximum Gasteiger partial charge on any atom is 0.314 e. The van der Waals surface area contributed by atoms with Crippen molar-refractivity contribution in [1.29, 1.82) is 0 Å². The van der Waals surface area contributed by atoms with Crippen LogP contribution in [0.2, 0.25) is 0 Å². The van der Waals surface area contributed by atoms with Crippen molar-refractivity contribution in [3.8, 4) is 5.75 Å². The van der Waals surface area contributed by atoms with Crippen LogP contribution in [0.5, 0.6) is 5.75 Å². The molecule has 1 aliphatic carbocycles. The SMILES string of the molecule is COc1c(Br)cc(C2(C(=O)O)CCC2)cc1S(C)(=O)=O. The molecule has 0 aliphatic heterocycles. The van der Waals surface area contributed by atoms with Gasteiger partial charge >= 0.3 is 5.97 Å². The summed E-state index contributed by atoms with van der Waals surface area (Å²) in [6, 6.07) is 3.06. The number of hydrogen-bond acceptors (Lipinski definition) is 4. The van der Waals surface area contributed by atoms with Crippen molar-refractivity contribution < 1.29 is 23.1 Å². The van der Waals surface area contributed by atoms with Crippen LogP contribution in [0.15, 0.2) is 21.5 Å². The molecular weight excluding hydrogens is 348 g/mol. The maximum atomic E-state index is 11.9. The van der Waals surface area contributed by atoms with Gasteiger partial charge in [0.2, 0.25) is 0 Å². The topological polar surface area (TPSA) is 80.7 Å². The molecule has 2 rings (SSSR count). The van der Waals surface area contributed by atoms with E-state index in [1.807, 2.05) is 0 Å². The second kappa shape index (κ2) is 5.04. The van der Waals surface area contributed by atoms with E-state index in [2.05, 4.69) is 15.9 Å². The fourth-order valence-corrected chi connectivity index (χ4v) is 4.10. The van der Waals surface area contributed by atoms with Gasteiger partial charge in [0.1, 0.15) is 4.90 Å². The number of aliphatic carboxylic acids is 1. The molecule has 1 aromatic rings. The van der Waals surface area contributed by atoms with Gasteiger partial charge in [0.05, 0.1) is 17.0 Å². The van der Waals surface area contributed by atoms with Crippen LogP contribution in [0, 0.1) is 0 Å². The highest BCUT2D eigenvalue weighted by Gasteiger charge is 2.46. The summed E-state index contributed by atoms with van der Waals surface area (Å²) in [5.74, 6) is -0.712. The molecule has 0 amide bonds. The molecule has 7 heteroatoms. The lowest BCUT2D eigenvalue weighted by atomic mass is 9.64. The molecule has 0 radical (unpaired) electrons. The summed E-state index contributed by atoms with van der Waals surface area (Å²) in [4.78, 5) is 11.5. The van der Waals surface area contributed by atoms with E-state index in [4.69, 9.17) is 4.74 Å². The lowest BCUT2D eigenvalue weighted by Crippen LogP contribution is -2.42. The first-order chi connectivity index (χ1) is 9.22. The van der Waals surface area contributed by atoms with Crippen molar-refractivity contribution in [2.24, 2.45) is 0 Å². The molecule has 20 heavy (non-hydrogen) atoms. The van der Waals surface area contributed by atoms with E-state index >= 15 is 0 Å². The summed E-state index contributed by atoms with van der Waals surface area (Å²) in [5.41, 5.74) is -0.474. The maximum absolute atomic E-state index is 11.9. The Labute approximate surface area is 126 Å². The van der Waals surface area contributed by atoms with Crippen LogP contribution >= 0.6 is 15.9 Å². The standard InChI is InChI=1S/C13H15BrO5S/c1-19-11-9(14)6-8(7-10(11)20(2,17)18)13(12(15)16)4-3-5-13/h6-7H,3-5H2,1-2H3,(H,15,16). The number of ether oxygens (including phenoxy) is 1. The Hall–Kier alpha value is -1.08. The third-order valence-corrected chi connectivity index (χ3v) is 5.47. The van der Waals surface area contributed by atoms with Crippen molar-refractivity contribution in [1.82, 2.24) is 0 Å². The quantitative estimate of drug-likeness (QED) is 0.888. The van der Waals surface area contributed by atoms with Crippen LogP contribution in [0.25, 0.3) is 0 Å². The molecule has 0 spiro atoms. The highest BCUT2D eigenvalue weighted by molar-refractivity contribution is 9.10. The lowest BCUT2D eigenvalue weighted by Gasteiger charge is -2.38.